The molecule has 3 unspecified atom stereocenters. The molecule has 1 saturated heterocycles. The van der Waals surface area contributed by atoms with Crippen LogP contribution in [0.25, 0.3) is 6.08 Å². The number of carbonyl (C=O) groups excluding carboxylic acids is 2. The smallest absolute Gasteiger partial charge is 0.286 e. The number of benzene rings is 2. The van der Waals surface area contributed by atoms with E-state index < -0.39 is 0 Å². The molecule has 1 aliphatic heterocycles. The quantitative estimate of drug-likeness (QED) is 0.729. The van der Waals surface area contributed by atoms with Gasteiger partial charge in [0.1, 0.15) is 6.10 Å². The second-order valence-electron chi connectivity index (χ2n) is 8.01. The molecular formula is C24H25ClN2O3. The Morgan fingerprint density at radius 2 is 2.03 bits per heavy atom. The van der Waals surface area contributed by atoms with E-state index in [4.69, 9.17) is 16.3 Å². The van der Waals surface area contributed by atoms with E-state index in [1.807, 2.05) is 37.3 Å². The van der Waals surface area contributed by atoms with Crippen molar-refractivity contribution >= 4 is 29.5 Å². The van der Waals surface area contributed by atoms with Gasteiger partial charge in [-0.05, 0) is 55.5 Å². The van der Waals surface area contributed by atoms with Crippen LogP contribution in [-0.2, 0) is 20.9 Å². The molecule has 5 nitrogen and oxygen atoms in total. The van der Waals surface area contributed by atoms with Crippen molar-refractivity contribution in [3.05, 3.63) is 76.0 Å². The summed E-state index contributed by atoms with van der Waals surface area (Å²) in [5, 5.41) is 6.71. The zero-order chi connectivity index (χ0) is 21.1. The topological polar surface area (TPSA) is 67.4 Å². The van der Waals surface area contributed by atoms with E-state index in [2.05, 4.69) is 16.7 Å². The van der Waals surface area contributed by atoms with Gasteiger partial charge in [-0.3, -0.25) is 9.59 Å². The first-order valence-corrected chi connectivity index (χ1v) is 10.6. The maximum absolute atomic E-state index is 12.7. The summed E-state index contributed by atoms with van der Waals surface area (Å²) in [6.07, 6.45) is 3.67. The molecule has 0 spiro atoms. The van der Waals surface area contributed by atoms with E-state index in [0.29, 0.717) is 23.7 Å². The van der Waals surface area contributed by atoms with Gasteiger partial charge < -0.3 is 15.4 Å². The zero-order valence-electron chi connectivity index (χ0n) is 16.9. The largest absolute Gasteiger partial charge is 0.483 e. The molecule has 2 amide bonds. The second kappa shape index (κ2) is 8.92. The fourth-order valence-electron chi connectivity index (χ4n) is 4.10. The Bertz CT molecular complexity index is 971. The van der Waals surface area contributed by atoms with Crippen LogP contribution in [0.3, 0.4) is 0 Å². The summed E-state index contributed by atoms with van der Waals surface area (Å²) in [6, 6.07) is 15.2. The van der Waals surface area contributed by atoms with E-state index in [0.717, 1.165) is 24.0 Å². The minimum absolute atomic E-state index is 0.0340. The third-order valence-electron chi connectivity index (χ3n) is 5.69. The van der Waals surface area contributed by atoms with Gasteiger partial charge in [0.25, 0.3) is 5.91 Å². The van der Waals surface area contributed by atoms with Gasteiger partial charge in [-0.2, -0.15) is 0 Å². The summed E-state index contributed by atoms with van der Waals surface area (Å²) in [7, 11) is 0. The van der Waals surface area contributed by atoms with E-state index in [1.165, 1.54) is 5.56 Å². The zero-order valence-corrected chi connectivity index (χ0v) is 17.6. The number of fused-ring (bicyclic) bond motifs is 1. The highest BCUT2D eigenvalue weighted by Crippen LogP contribution is 2.31. The van der Waals surface area contributed by atoms with Crippen LogP contribution < -0.4 is 10.6 Å². The van der Waals surface area contributed by atoms with Crippen LogP contribution >= 0.6 is 11.6 Å². The monoisotopic (exact) mass is 424 g/mol. The highest BCUT2D eigenvalue weighted by Gasteiger charge is 2.40. The highest BCUT2D eigenvalue weighted by molar-refractivity contribution is 6.30. The van der Waals surface area contributed by atoms with Crippen LogP contribution in [0.4, 0.5) is 0 Å². The van der Waals surface area contributed by atoms with Crippen molar-refractivity contribution in [2.45, 2.75) is 44.9 Å². The first kappa shape index (κ1) is 20.5. The Kier molecular flexibility index (Phi) is 6.09. The average molecular weight is 425 g/mol. The normalized spacial score (nSPS) is 24.5. The number of rotatable bonds is 4. The molecule has 2 aliphatic rings. The molecule has 1 saturated carbocycles. The average Bonchev–Trinajstić information content (AvgIpc) is 2.74. The van der Waals surface area contributed by atoms with Gasteiger partial charge in [0.05, 0.1) is 6.04 Å². The number of amides is 2. The summed E-state index contributed by atoms with van der Waals surface area (Å²) >= 11 is 5.91. The first-order chi connectivity index (χ1) is 14.5. The van der Waals surface area contributed by atoms with Gasteiger partial charge >= 0.3 is 0 Å². The Labute approximate surface area is 181 Å². The molecule has 156 valence electrons. The Balaban J connectivity index is 1.34. The first-order valence-electron chi connectivity index (χ1n) is 10.3. The van der Waals surface area contributed by atoms with Crippen molar-refractivity contribution in [3.8, 4) is 0 Å². The Morgan fingerprint density at radius 1 is 1.23 bits per heavy atom. The lowest BCUT2D eigenvalue weighted by Gasteiger charge is -2.39. The minimum Gasteiger partial charge on any atom is -0.483 e. The van der Waals surface area contributed by atoms with Gasteiger partial charge in [0.15, 0.2) is 5.76 Å². The van der Waals surface area contributed by atoms with E-state index >= 15 is 0 Å². The van der Waals surface area contributed by atoms with Gasteiger partial charge in [-0.25, -0.2) is 0 Å². The third-order valence-corrected chi connectivity index (χ3v) is 5.95. The molecule has 2 fully saturated rings. The van der Waals surface area contributed by atoms with Gasteiger partial charge in [0, 0.05) is 17.5 Å². The van der Waals surface area contributed by atoms with Gasteiger partial charge in [0.2, 0.25) is 5.91 Å². The van der Waals surface area contributed by atoms with E-state index in [9.17, 15) is 9.59 Å². The summed E-state index contributed by atoms with van der Waals surface area (Å²) in [4.78, 5) is 25.2. The lowest BCUT2D eigenvalue weighted by atomic mass is 9.82. The van der Waals surface area contributed by atoms with Crippen molar-refractivity contribution in [1.29, 1.82) is 0 Å². The standard InChI is InChI=1S/C24H25ClN2O3/c1-15-3-2-4-17(11-15)14-26-23(28)18-7-10-21-20(13-18)27-24(29)22(30-21)12-16-5-8-19(25)9-6-16/h2-6,8-9,11-12,18,20-21H,7,10,13-14H2,1H3,(H,26,28)(H,27,29)/b22-12+. The van der Waals surface area contributed by atoms with Crippen molar-refractivity contribution < 1.29 is 14.3 Å². The number of hydrogen-bond acceptors (Lipinski definition) is 3. The molecule has 0 aromatic heterocycles. The molecule has 2 N–H and O–H groups in total. The molecule has 1 heterocycles. The number of aryl methyl sites for hydroxylation is 1. The van der Waals surface area contributed by atoms with Gasteiger partial charge in [-0.15, -0.1) is 0 Å². The maximum atomic E-state index is 12.7. The summed E-state index contributed by atoms with van der Waals surface area (Å²) in [5.41, 5.74) is 3.11. The molecule has 30 heavy (non-hydrogen) atoms. The Hall–Kier alpha value is -2.79. The molecular weight excluding hydrogens is 400 g/mol. The van der Waals surface area contributed by atoms with Crippen molar-refractivity contribution in [1.82, 2.24) is 10.6 Å². The number of halogens is 1. The third kappa shape index (κ3) is 4.85. The number of ether oxygens (including phenoxy) is 1. The molecule has 1 aliphatic carbocycles. The number of morpholine rings is 1. The van der Waals surface area contributed by atoms with Gasteiger partial charge in [-0.1, -0.05) is 53.6 Å². The van der Waals surface area contributed by atoms with Crippen LogP contribution in [0.1, 0.15) is 36.0 Å². The van der Waals surface area contributed by atoms with Crippen molar-refractivity contribution in [3.63, 3.8) is 0 Å². The van der Waals surface area contributed by atoms with Crippen molar-refractivity contribution in [2.75, 3.05) is 0 Å². The van der Waals surface area contributed by atoms with E-state index in [1.54, 1.807) is 18.2 Å². The van der Waals surface area contributed by atoms with Crippen LogP contribution in [0.15, 0.2) is 54.3 Å². The molecule has 0 radical (unpaired) electrons. The molecule has 2 aromatic rings. The number of hydrogen-bond donors (Lipinski definition) is 2. The summed E-state index contributed by atoms with van der Waals surface area (Å²) in [6.45, 7) is 2.55. The van der Waals surface area contributed by atoms with Crippen LogP contribution in [-0.4, -0.2) is 24.0 Å². The maximum Gasteiger partial charge on any atom is 0.286 e. The molecule has 3 atom stereocenters. The SMILES string of the molecule is Cc1cccc(CNC(=O)C2CCC3O/C(=C/c4ccc(Cl)cc4)C(=O)NC3C2)c1. The summed E-state index contributed by atoms with van der Waals surface area (Å²) < 4.78 is 5.99. The van der Waals surface area contributed by atoms with Crippen LogP contribution in [0, 0.1) is 12.8 Å². The van der Waals surface area contributed by atoms with Crippen LogP contribution in [0.5, 0.6) is 0 Å². The Morgan fingerprint density at radius 3 is 2.80 bits per heavy atom. The highest BCUT2D eigenvalue weighted by atomic mass is 35.5. The number of carbonyl (C=O) groups is 2. The lowest BCUT2D eigenvalue weighted by Crippen LogP contribution is -2.54. The molecule has 6 heteroatoms. The van der Waals surface area contributed by atoms with Crippen LogP contribution in [0.2, 0.25) is 5.02 Å². The van der Waals surface area contributed by atoms with Crippen molar-refractivity contribution in [2.24, 2.45) is 5.92 Å². The second-order valence-corrected chi connectivity index (χ2v) is 8.45. The fraction of sp³-hybridized carbons (Fsp3) is 0.333. The van der Waals surface area contributed by atoms with E-state index in [-0.39, 0.29) is 29.9 Å². The minimum atomic E-state index is -0.244. The molecule has 0 bridgehead atoms. The lowest BCUT2D eigenvalue weighted by molar-refractivity contribution is -0.134. The molecule has 4 rings (SSSR count). The number of nitrogens with one attached hydrogen (secondary N) is 2. The summed E-state index contributed by atoms with van der Waals surface area (Å²) in [5.74, 6) is -0.0265. The predicted octanol–water partition coefficient (Wildman–Crippen LogP) is 3.99. The fourth-order valence-corrected chi connectivity index (χ4v) is 4.22. The molecule has 2 aromatic carbocycles. The predicted molar refractivity (Wildman–Crippen MR) is 117 cm³/mol.